The van der Waals surface area contributed by atoms with Crippen LogP contribution in [0.1, 0.15) is 51.4 Å². The van der Waals surface area contributed by atoms with Gasteiger partial charge in [0, 0.05) is 35.6 Å². The van der Waals surface area contributed by atoms with Crippen LogP contribution >= 0.6 is 0 Å². The lowest BCUT2D eigenvalue weighted by Gasteiger charge is -2.39. The molecule has 4 aliphatic heterocycles. The van der Waals surface area contributed by atoms with Gasteiger partial charge in [0.2, 0.25) is 5.75 Å². The van der Waals surface area contributed by atoms with Gasteiger partial charge in [0.25, 0.3) is 0 Å². The highest BCUT2D eigenvalue weighted by Crippen LogP contribution is 2.38. The minimum atomic E-state index is -0.490. The van der Waals surface area contributed by atoms with Crippen molar-refractivity contribution in [2.24, 2.45) is 0 Å². The average molecular weight is 512 g/mol. The Labute approximate surface area is 218 Å². The van der Waals surface area contributed by atoms with Gasteiger partial charge in [-0.1, -0.05) is 0 Å². The molecule has 0 spiro atoms. The van der Waals surface area contributed by atoms with Crippen LogP contribution in [0.3, 0.4) is 0 Å². The second kappa shape index (κ2) is 11.0. The van der Waals surface area contributed by atoms with E-state index in [-0.39, 0.29) is 25.0 Å². The normalized spacial score (nSPS) is 31.1. The predicted octanol–water partition coefficient (Wildman–Crippen LogP) is 2.37. The molecule has 4 bridgehead atoms. The first kappa shape index (κ1) is 26.6. The number of methoxy groups -OCH3 is 1. The monoisotopic (exact) mass is 512 g/mol. The molecule has 0 aliphatic carbocycles. The third-order valence-electron chi connectivity index (χ3n) is 8.57. The van der Waals surface area contributed by atoms with Crippen molar-refractivity contribution in [3.8, 4) is 11.5 Å². The quantitative estimate of drug-likeness (QED) is 0.410. The van der Waals surface area contributed by atoms with Gasteiger partial charge in [0.15, 0.2) is 0 Å². The summed E-state index contributed by atoms with van der Waals surface area (Å²) in [7, 11) is 0.710. The number of hydrogen-bond donors (Lipinski definition) is 3. The molecule has 0 amide bonds. The number of aliphatic hydroxyl groups is 1. The Bertz CT molecular complexity index is 1120. The number of fused-ring (bicyclic) bond motifs is 5. The summed E-state index contributed by atoms with van der Waals surface area (Å²) in [6.45, 7) is 3.66. The van der Waals surface area contributed by atoms with Crippen LogP contribution in [0.4, 0.5) is 0 Å². The van der Waals surface area contributed by atoms with Crippen LogP contribution in [0.15, 0.2) is 33.5 Å². The van der Waals surface area contributed by atoms with Gasteiger partial charge < -0.3 is 38.7 Å². The van der Waals surface area contributed by atoms with Crippen LogP contribution in [-0.4, -0.2) is 82.4 Å². The van der Waals surface area contributed by atoms with E-state index < -0.39 is 12.7 Å². The summed E-state index contributed by atoms with van der Waals surface area (Å²) in [5, 5.41) is 29.7. The first-order chi connectivity index (χ1) is 17.7. The van der Waals surface area contributed by atoms with Crippen LogP contribution < -0.4 is 15.1 Å². The Kier molecular flexibility index (Phi) is 7.88. The largest absolute Gasteiger partial charge is 0.490 e. The molecular weight excluding hydrogens is 474 g/mol. The Morgan fingerprint density at radius 2 is 1.43 bits per heavy atom. The van der Waals surface area contributed by atoms with Crippen LogP contribution in [0, 0.1) is 0 Å². The maximum Gasteiger partial charge on any atom is 0.379 e. The molecular formula is C26H38B2N2O7. The summed E-state index contributed by atoms with van der Waals surface area (Å²) >= 11 is 0. The first-order valence-electron chi connectivity index (χ1n) is 13.6. The smallest absolute Gasteiger partial charge is 0.379 e. The molecule has 9 nitrogen and oxygen atoms in total. The minimum absolute atomic E-state index is 0.120. The molecule has 2 unspecified atom stereocenters. The molecule has 5 heterocycles. The van der Waals surface area contributed by atoms with E-state index >= 15 is 0 Å². The fourth-order valence-corrected chi connectivity index (χ4v) is 7.15. The third kappa shape index (κ3) is 5.56. The molecule has 4 saturated heterocycles. The molecule has 6 atom stereocenters. The summed E-state index contributed by atoms with van der Waals surface area (Å²) in [4.78, 5) is 16.2. The van der Waals surface area contributed by atoms with E-state index in [0.717, 1.165) is 56.8 Å². The van der Waals surface area contributed by atoms with Gasteiger partial charge in [0.1, 0.15) is 17.4 Å². The van der Waals surface area contributed by atoms with Gasteiger partial charge >= 0.3 is 19.7 Å². The molecule has 0 radical (unpaired) electrons. The zero-order valence-corrected chi connectivity index (χ0v) is 22.0. The van der Waals surface area contributed by atoms with Gasteiger partial charge in [-0.25, -0.2) is 4.79 Å². The van der Waals surface area contributed by atoms with Crippen molar-refractivity contribution in [1.82, 2.24) is 9.62 Å². The van der Waals surface area contributed by atoms with Crippen molar-refractivity contribution in [3.63, 3.8) is 0 Å². The highest BCUT2D eigenvalue weighted by atomic mass is 16.5. The van der Waals surface area contributed by atoms with Gasteiger partial charge in [-0.15, -0.1) is 0 Å². The van der Waals surface area contributed by atoms with E-state index in [0.29, 0.717) is 35.5 Å². The maximum absolute atomic E-state index is 11.8. The van der Waals surface area contributed by atoms with Gasteiger partial charge in [-0.05, 0) is 83.2 Å². The number of piperidine rings is 2. The van der Waals surface area contributed by atoms with Crippen LogP contribution in [0.25, 0.3) is 11.0 Å². The summed E-state index contributed by atoms with van der Waals surface area (Å²) < 4.78 is 16.5. The Morgan fingerprint density at radius 3 is 1.95 bits per heavy atom. The lowest BCUT2D eigenvalue weighted by Crippen LogP contribution is -2.52. The molecule has 1 aromatic carbocycles. The predicted molar refractivity (Wildman–Crippen MR) is 143 cm³/mol. The van der Waals surface area contributed by atoms with Crippen molar-refractivity contribution < 1.29 is 29.0 Å². The number of benzene rings is 1. The van der Waals surface area contributed by atoms with E-state index in [9.17, 15) is 19.9 Å². The third-order valence-corrected chi connectivity index (χ3v) is 8.57. The fraction of sp³-hybridized carbons (Fsp3) is 0.654. The van der Waals surface area contributed by atoms with Crippen molar-refractivity contribution in [3.05, 3.63) is 34.7 Å². The van der Waals surface area contributed by atoms with Crippen LogP contribution in [0.5, 0.6) is 11.5 Å². The van der Waals surface area contributed by atoms with Crippen molar-refractivity contribution in [2.45, 2.75) is 101 Å². The topological polar surface area (TPSA) is 116 Å². The molecule has 6 rings (SSSR count). The molecule has 4 fully saturated rings. The lowest BCUT2D eigenvalue weighted by molar-refractivity contribution is 0.0686. The number of rotatable bonds is 5. The first-order valence-corrected chi connectivity index (χ1v) is 13.6. The van der Waals surface area contributed by atoms with E-state index in [1.54, 1.807) is 12.1 Å². The van der Waals surface area contributed by atoms with E-state index in [1.165, 1.54) is 7.11 Å². The summed E-state index contributed by atoms with van der Waals surface area (Å²) in [5.74, 6) is 0.902. The molecule has 200 valence electrons. The van der Waals surface area contributed by atoms with Crippen LogP contribution in [0.2, 0.25) is 13.6 Å². The molecule has 4 aliphatic rings. The molecule has 37 heavy (non-hydrogen) atoms. The standard InChI is InChI=1S/C18H22BNO5.C8H16BNO2/c1-19(22)20-12-4-5-13(20)9-15(8-12)24-14-6-3-11-7-17(23-2)18(21)25-16(11)10-14;1-9(12)10-6-2-3-7(10)5-8(11)4-6/h3,6-7,10,12-13,15,22H,4-5,8-9H2,1-2H3;6-8,11-12H,2-5H2,1H3/t12-,13+,15?;6-,7+,8?. The summed E-state index contributed by atoms with van der Waals surface area (Å²) in [5.41, 5.74) is 0.00289. The van der Waals surface area contributed by atoms with Gasteiger partial charge in [0.05, 0.1) is 13.2 Å². The Hall–Kier alpha value is -2.04. The van der Waals surface area contributed by atoms with Crippen molar-refractivity contribution >= 4 is 25.1 Å². The number of nitrogens with zero attached hydrogens (tertiary/aromatic N) is 2. The second-order valence-electron chi connectivity index (χ2n) is 11.1. The lowest BCUT2D eigenvalue weighted by atomic mass is 9.79. The number of aliphatic hydroxyl groups excluding tert-OH is 1. The highest BCUT2D eigenvalue weighted by molar-refractivity contribution is 6.45. The van der Waals surface area contributed by atoms with E-state index in [4.69, 9.17) is 13.9 Å². The molecule has 0 saturated carbocycles. The number of ether oxygens (including phenoxy) is 2. The van der Waals surface area contributed by atoms with Crippen molar-refractivity contribution in [2.75, 3.05) is 7.11 Å². The number of hydrogen-bond acceptors (Lipinski definition) is 9. The molecule has 2 aromatic rings. The van der Waals surface area contributed by atoms with E-state index in [1.807, 2.05) is 25.8 Å². The fourth-order valence-electron chi connectivity index (χ4n) is 7.15. The zero-order chi connectivity index (χ0) is 26.3. The van der Waals surface area contributed by atoms with Gasteiger partial charge in [-0.3, -0.25) is 0 Å². The molecule has 3 N–H and O–H groups in total. The van der Waals surface area contributed by atoms with Crippen LogP contribution in [-0.2, 0) is 0 Å². The SMILES string of the molecule is CB(O)N1[C@@H]2CC[C@H]1CC(O)C2.COc1cc2ccc(OC3C[C@H]4CC[C@@H](C3)N4B(C)O)cc2oc1=O. The Morgan fingerprint density at radius 1 is 0.892 bits per heavy atom. The maximum atomic E-state index is 11.8. The minimum Gasteiger partial charge on any atom is -0.490 e. The highest BCUT2D eigenvalue weighted by Gasteiger charge is 2.44. The Balaban J connectivity index is 0.000000195. The zero-order valence-electron chi connectivity index (χ0n) is 22.0. The molecule has 11 heteroatoms. The summed E-state index contributed by atoms with van der Waals surface area (Å²) in [6, 6.07) is 8.82. The summed E-state index contributed by atoms with van der Waals surface area (Å²) in [6.07, 6.45) is 8.02. The van der Waals surface area contributed by atoms with Gasteiger partial charge in [-0.2, -0.15) is 0 Å². The molecule has 1 aromatic heterocycles. The van der Waals surface area contributed by atoms with Crippen molar-refractivity contribution in [1.29, 1.82) is 0 Å². The average Bonchev–Trinajstić information content (AvgIpc) is 3.29. The second-order valence-corrected chi connectivity index (χ2v) is 11.1. The van der Waals surface area contributed by atoms with E-state index in [2.05, 4.69) is 9.62 Å².